The zero-order chi connectivity index (χ0) is 25.2. The SMILES string of the molecule is C=CCN(C(=O)Cc1cccs1)C(C(=O)NCc1ccc(OC)cc1)c1ccc(OC)cc1OC. The first-order valence-corrected chi connectivity index (χ1v) is 11.9. The Morgan fingerprint density at radius 2 is 1.74 bits per heavy atom. The van der Waals surface area contributed by atoms with Gasteiger partial charge in [-0.05, 0) is 41.3 Å². The fraction of sp³-hybridized carbons (Fsp3) is 0.259. The van der Waals surface area contributed by atoms with Gasteiger partial charge in [-0.2, -0.15) is 0 Å². The summed E-state index contributed by atoms with van der Waals surface area (Å²) in [6, 6.07) is 15.5. The van der Waals surface area contributed by atoms with Crippen LogP contribution in [-0.2, 0) is 22.6 Å². The molecule has 35 heavy (non-hydrogen) atoms. The highest BCUT2D eigenvalue weighted by Gasteiger charge is 2.33. The summed E-state index contributed by atoms with van der Waals surface area (Å²) in [5.41, 5.74) is 1.46. The normalized spacial score (nSPS) is 11.3. The predicted molar refractivity (Wildman–Crippen MR) is 137 cm³/mol. The number of rotatable bonds is 12. The Morgan fingerprint density at radius 1 is 1.03 bits per heavy atom. The van der Waals surface area contributed by atoms with Crippen molar-refractivity contribution in [1.82, 2.24) is 10.2 Å². The smallest absolute Gasteiger partial charge is 0.247 e. The lowest BCUT2D eigenvalue weighted by Crippen LogP contribution is -2.44. The highest BCUT2D eigenvalue weighted by atomic mass is 32.1. The molecule has 0 radical (unpaired) electrons. The molecule has 1 atom stereocenters. The molecule has 1 unspecified atom stereocenters. The molecule has 184 valence electrons. The van der Waals surface area contributed by atoms with Crippen LogP contribution in [0.25, 0.3) is 0 Å². The molecular formula is C27H30N2O5S. The zero-order valence-electron chi connectivity index (χ0n) is 20.2. The van der Waals surface area contributed by atoms with Gasteiger partial charge in [0.1, 0.15) is 23.3 Å². The summed E-state index contributed by atoms with van der Waals surface area (Å²) in [5, 5.41) is 4.90. The summed E-state index contributed by atoms with van der Waals surface area (Å²) in [6.45, 7) is 4.29. The van der Waals surface area contributed by atoms with Crippen molar-refractivity contribution in [3.05, 3.63) is 88.6 Å². The first-order valence-electron chi connectivity index (χ1n) is 11.1. The van der Waals surface area contributed by atoms with E-state index in [1.54, 1.807) is 38.5 Å². The van der Waals surface area contributed by atoms with E-state index in [2.05, 4.69) is 11.9 Å². The predicted octanol–water partition coefficient (Wildman–Crippen LogP) is 4.39. The number of nitrogens with zero attached hydrogens (tertiary/aromatic N) is 1. The van der Waals surface area contributed by atoms with Crippen LogP contribution < -0.4 is 19.5 Å². The topological polar surface area (TPSA) is 77.1 Å². The molecule has 1 aromatic heterocycles. The largest absolute Gasteiger partial charge is 0.497 e. The third-order valence-electron chi connectivity index (χ3n) is 5.47. The van der Waals surface area contributed by atoms with Gasteiger partial charge in [0.25, 0.3) is 0 Å². The van der Waals surface area contributed by atoms with E-state index in [0.29, 0.717) is 23.6 Å². The van der Waals surface area contributed by atoms with Crippen LogP contribution in [0.2, 0.25) is 0 Å². The number of thiophene rings is 1. The van der Waals surface area contributed by atoms with Crippen LogP contribution in [0.15, 0.2) is 72.6 Å². The lowest BCUT2D eigenvalue weighted by Gasteiger charge is -2.31. The molecule has 3 rings (SSSR count). The fourth-order valence-electron chi connectivity index (χ4n) is 3.68. The molecule has 2 aromatic carbocycles. The first kappa shape index (κ1) is 25.8. The average Bonchev–Trinajstić information content (AvgIpc) is 3.40. The van der Waals surface area contributed by atoms with E-state index in [1.165, 1.54) is 23.3 Å². The van der Waals surface area contributed by atoms with Gasteiger partial charge >= 0.3 is 0 Å². The van der Waals surface area contributed by atoms with Crippen molar-refractivity contribution in [2.24, 2.45) is 0 Å². The zero-order valence-corrected chi connectivity index (χ0v) is 21.0. The number of hydrogen-bond acceptors (Lipinski definition) is 6. The summed E-state index contributed by atoms with van der Waals surface area (Å²) in [5.74, 6) is 1.26. The van der Waals surface area contributed by atoms with E-state index < -0.39 is 6.04 Å². The van der Waals surface area contributed by atoms with Gasteiger partial charge in [0.05, 0.1) is 27.8 Å². The standard InChI is InChI=1S/C27H30N2O5S/c1-5-14-29(25(30)17-22-7-6-15-35-22)26(23-13-12-21(33-3)16-24(23)34-4)27(31)28-18-19-8-10-20(32-2)11-9-19/h5-13,15-16,26H,1,14,17-18H2,2-4H3,(H,28,31). The van der Waals surface area contributed by atoms with Crippen molar-refractivity contribution in [3.8, 4) is 17.2 Å². The number of nitrogens with one attached hydrogen (secondary N) is 1. The van der Waals surface area contributed by atoms with Gasteiger partial charge in [0.15, 0.2) is 0 Å². The van der Waals surface area contributed by atoms with E-state index in [0.717, 1.165) is 16.2 Å². The van der Waals surface area contributed by atoms with Gasteiger partial charge < -0.3 is 24.4 Å². The van der Waals surface area contributed by atoms with Crippen LogP contribution in [0, 0.1) is 0 Å². The van der Waals surface area contributed by atoms with Gasteiger partial charge in [0.2, 0.25) is 11.8 Å². The second kappa shape index (κ2) is 12.6. The van der Waals surface area contributed by atoms with Crippen LogP contribution in [-0.4, -0.2) is 44.6 Å². The van der Waals surface area contributed by atoms with Crippen LogP contribution in [0.3, 0.4) is 0 Å². The van der Waals surface area contributed by atoms with E-state index in [4.69, 9.17) is 14.2 Å². The van der Waals surface area contributed by atoms with Crippen molar-refractivity contribution >= 4 is 23.2 Å². The minimum atomic E-state index is -0.931. The Balaban J connectivity index is 1.95. The van der Waals surface area contributed by atoms with Crippen molar-refractivity contribution in [2.75, 3.05) is 27.9 Å². The summed E-state index contributed by atoms with van der Waals surface area (Å²) in [6.07, 6.45) is 1.80. The molecule has 7 nitrogen and oxygen atoms in total. The minimum absolute atomic E-state index is 0.185. The summed E-state index contributed by atoms with van der Waals surface area (Å²) >= 11 is 1.50. The van der Waals surface area contributed by atoms with E-state index in [-0.39, 0.29) is 24.8 Å². The van der Waals surface area contributed by atoms with Crippen LogP contribution in [0.4, 0.5) is 0 Å². The molecule has 1 N–H and O–H groups in total. The molecule has 0 aliphatic rings. The molecule has 0 aliphatic heterocycles. The number of carbonyl (C=O) groups excluding carboxylic acids is 2. The first-order chi connectivity index (χ1) is 17.0. The molecule has 2 amide bonds. The molecule has 3 aromatic rings. The van der Waals surface area contributed by atoms with Gasteiger partial charge in [-0.3, -0.25) is 9.59 Å². The van der Waals surface area contributed by atoms with Crippen molar-refractivity contribution < 1.29 is 23.8 Å². The van der Waals surface area contributed by atoms with Gasteiger partial charge in [-0.25, -0.2) is 0 Å². The summed E-state index contributed by atoms with van der Waals surface area (Å²) in [4.78, 5) is 29.5. The Morgan fingerprint density at radius 3 is 2.34 bits per heavy atom. The van der Waals surface area contributed by atoms with Gasteiger partial charge in [0, 0.05) is 29.6 Å². The molecule has 0 saturated carbocycles. The number of ether oxygens (including phenoxy) is 3. The highest BCUT2D eigenvalue weighted by Crippen LogP contribution is 2.33. The minimum Gasteiger partial charge on any atom is -0.497 e. The molecular weight excluding hydrogens is 464 g/mol. The summed E-state index contributed by atoms with van der Waals surface area (Å²) < 4.78 is 16.1. The summed E-state index contributed by atoms with van der Waals surface area (Å²) in [7, 11) is 4.68. The van der Waals surface area contributed by atoms with Crippen LogP contribution >= 0.6 is 11.3 Å². The number of carbonyl (C=O) groups is 2. The number of amides is 2. The maximum atomic E-state index is 13.6. The number of hydrogen-bond donors (Lipinski definition) is 1. The maximum absolute atomic E-state index is 13.6. The van der Waals surface area contributed by atoms with E-state index in [1.807, 2.05) is 41.8 Å². The monoisotopic (exact) mass is 494 g/mol. The quantitative estimate of drug-likeness (QED) is 0.378. The lowest BCUT2D eigenvalue weighted by atomic mass is 10.0. The molecule has 0 spiro atoms. The molecule has 0 fully saturated rings. The van der Waals surface area contributed by atoms with Crippen LogP contribution in [0.1, 0.15) is 22.0 Å². The average molecular weight is 495 g/mol. The van der Waals surface area contributed by atoms with Gasteiger partial charge in [-0.15, -0.1) is 17.9 Å². The van der Waals surface area contributed by atoms with Crippen molar-refractivity contribution in [3.63, 3.8) is 0 Å². The molecule has 8 heteroatoms. The second-order valence-electron chi connectivity index (χ2n) is 7.67. The Kier molecular flexibility index (Phi) is 9.31. The molecule has 0 saturated heterocycles. The molecule has 0 bridgehead atoms. The number of methoxy groups -OCH3 is 3. The van der Waals surface area contributed by atoms with Crippen molar-refractivity contribution in [1.29, 1.82) is 0 Å². The van der Waals surface area contributed by atoms with Crippen molar-refractivity contribution in [2.45, 2.75) is 19.0 Å². The molecule has 0 aliphatic carbocycles. The van der Waals surface area contributed by atoms with Gasteiger partial charge in [-0.1, -0.05) is 24.3 Å². The molecule has 1 heterocycles. The van der Waals surface area contributed by atoms with E-state index in [9.17, 15) is 9.59 Å². The number of benzene rings is 2. The Hall–Kier alpha value is -3.78. The lowest BCUT2D eigenvalue weighted by molar-refractivity contribution is -0.139. The highest BCUT2D eigenvalue weighted by molar-refractivity contribution is 7.10. The Bertz CT molecular complexity index is 1130. The second-order valence-corrected chi connectivity index (χ2v) is 8.70. The maximum Gasteiger partial charge on any atom is 0.247 e. The fourth-order valence-corrected chi connectivity index (χ4v) is 4.37. The van der Waals surface area contributed by atoms with Crippen LogP contribution in [0.5, 0.6) is 17.2 Å². The van der Waals surface area contributed by atoms with E-state index >= 15 is 0 Å². The third kappa shape index (κ3) is 6.64. The Labute approximate surface area is 209 Å². The third-order valence-corrected chi connectivity index (χ3v) is 6.35.